The molecule has 0 aliphatic carbocycles. The Balaban J connectivity index is 2.17. The zero-order valence-electron chi connectivity index (χ0n) is 13.5. The van der Waals surface area contributed by atoms with Crippen LogP contribution in [0.2, 0.25) is 0 Å². The summed E-state index contributed by atoms with van der Waals surface area (Å²) in [4.78, 5) is 24.2. The van der Waals surface area contributed by atoms with Gasteiger partial charge < -0.3 is 9.64 Å². The lowest BCUT2D eigenvalue weighted by Crippen LogP contribution is -2.49. The van der Waals surface area contributed by atoms with E-state index in [1.165, 1.54) is 0 Å². The van der Waals surface area contributed by atoms with Gasteiger partial charge in [-0.05, 0) is 30.0 Å². The van der Waals surface area contributed by atoms with Crippen molar-refractivity contribution in [3.05, 3.63) is 29.3 Å². The second kappa shape index (κ2) is 7.04. The minimum Gasteiger partial charge on any atom is -0.425 e. The van der Waals surface area contributed by atoms with Crippen molar-refractivity contribution in [1.82, 2.24) is 4.90 Å². The van der Waals surface area contributed by atoms with E-state index in [1.54, 1.807) is 19.1 Å². The van der Waals surface area contributed by atoms with Gasteiger partial charge in [0.1, 0.15) is 11.8 Å². The number of carbonyl (C=O) groups excluding carboxylic acids is 2. The molecule has 0 saturated carbocycles. The fourth-order valence-corrected chi connectivity index (χ4v) is 3.40. The van der Waals surface area contributed by atoms with Crippen molar-refractivity contribution in [2.75, 3.05) is 11.6 Å². The molecular formula is C16H18F3NO3S. The lowest BCUT2D eigenvalue weighted by molar-refractivity contribution is -0.187. The van der Waals surface area contributed by atoms with Crippen molar-refractivity contribution in [3.8, 4) is 5.75 Å². The molecule has 1 aromatic rings. The van der Waals surface area contributed by atoms with Gasteiger partial charge in [0.15, 0.2) is 0 Å². The van der Waals surface area contributed by atoms with Gasteiger partial charge in [0, 0.05) is 5.75 Å². The smallest absolute Gasteiger partial charge is 0.425 e. The molecular weight excluding hydrogens is 343 g/mol. The molecule has 0 bridgehead atoms. The Labute approximate surface area is 142 Å². The molecule has 4 nitrogen and oxygen atoms in total. The highest BCUT2D eigenvalue weighted by Crippen LogP contribution is 2.30. The van der Waals surface area contributed by atoms with E-state index in [1.807, 2.05) is 19.9 Å². The molecule has 1 saturated heterocycles. The number of rotatable bonds is 3. The Morgan fingerprint density at radius 1 is 1.33 bits per heavy atom. The monoisotopic (exact) mass is 361 g/mol. The number of amides is 1. The summed E-state index contributed by atoms with van der Waals surface area (Å²) in [5.74, 6) is -2.42. The molecule has 8 heteroatoms. The van der Waals surface area contributed by atoms with Crippen LogP contribution >= 0.6 is 11.8 Å². The first kappa shape index (κ1) is 18.6. The number of thioether (sulfide) groups is 1. The van der Waals surface area contributed by atoms with Crippen LogP contribution in [0.4, 0.5) is 13.2 Å². The average molecular weight is 361 g/mol. The maximum absolute atomic E-state index is 12.6. The lowest BCUT2D eigenvalue weighted by Gasteiger charge is -2.23. The van der Waals surface area contributed by atoms with Gasteiger partial charge in [0.2, 0.25) is 0 Å². The summed E-state index contributed by atoms with van der Waals surface area (Å²) in [5.41, 5.74) is 1.65. The van der Waals surface area contributed by atoms with Crippen LogP contribution in [0.15, 0.2) is 18.2 Å². The molecule has 1 fully saturated rings. The first-order valence-electron chi connectivity index (χ1n) is 7.39. The van der Waals surface area contributed by atoms with Gasteiger partial charge >= 0.3 is 18.1 Å². The fraction of sp³-hybridized carbons (Fsp3) is 0.500. The Morgan fingerprint density at radius 2 is 2.00 bits per heavy atom. The predicted octanol–water partition coefficient (Wildman–Crippen LogP) is 3.49. The lowest BCUT2D eigenvalue weighted by atomic mass is 10.0. The van der Waals surface area contributed by atoms with Gasteiger partial charge in [-0.3, -0.25) is 4.79 Å². The molecule has 2 rings (SSSR count). The van der Waals surface area contributed by atoms with Crippen molar-refractivity contribution < 1.29 is 27.5 Å². The van der Waals surface area contributed by atoms with Crippen LogP contribution in [0, 0.1) is 6.92 Å². The van der Waals surface area contributed by atoms with E-state index in [2.05, 4.69) is 0 Å². The molecule has 1 aliphatic heterocycles. The van der Waals surface area contributed by atoms with Crippen molar-refractivity contribution in [1.29, 1.82) is 0 Å². The largest absolute Gasteiger partial charge is 0.471 e. The normalized spacial score (nSPS) is 18.1. The van der Waals surface area contributed by atoms with Gasteiger partial charge in [-0.15, -0.1) is 11.8 Å². The summed E-state index contributed by atoms with van der Waals surface area (Å²) >= 11 is 1.09. The Kier molecular flexibility index (Phi) is 5.47. The van der Waals surface area contributed by atoms with Crippen LogP contribution in [0.3, 0.4) is 0 Å². The topological polar surface area (TPSA) is 46.6 Å². The molecule has 0 unspecified atom stereocenters. The maximum Gasteiger partial charge on any atom is 0.471 e. The van der Waals surface area contributed by atoms with Gasteiger partial charge in [0.25, 0.3) is 0 Å². The summed E-state index contributed by atoms with van der Waals surface area (Å²) in [7, 11) is 0. The standard InChI is InChI=1S/C16H18F3NO3S/c1-9(2)11-5-4-10(3)13(6-11)23-14(21)12-7-24-8-20(12)15(22)16(17,18)19/h4-6,9,12H,7-8H2,1-3H3/t12-/m0/s1. The molecule has 0 aromatic heterocycles. The molecule has 1 heterocycles. The highest BCUT2D eigenvalue weighted by Gasteiger charge is 2.48. The number of esters is 1. The van der Waals surface area contributed by atoms with Crippen LogP contribution in [0.1, 0.15) is 30.9 Å². The summed E-state index contributed by atoms with van der Waals surface area (Å²) in [6.07, 6.45) is -5.00. The van der Waals surface area contributed by atoms with E-state index in [4.69, 9.17) is 4.74 Å². The van der Waals surface area contributed by atoms with Gasteiger partial charge in [0.05, 0.1) is 5.88 Å². The average Bonchev–Trinajstić information content (AvgIpc) is 2.96. The second-order valence-corrected chi connectivity index (χ2v) is 6.89. The summed E-state index contributed by atoms with van der Waals surface area (Å²) < 4.78 is 43.2. The minimum atomic E-state index is -5.00. The number of hydrogen-bond acceptors (Lipinski definition) is 4. The molecule has 0 radical (unpaired) electrons. The number of aryl methyl sites for hydroxylation is 1. The second-order valence-electron chi connectivity index (χ2n) is 5.89. The Hall–Kier alpha value is -1.70. The van der Waals surface area contributed by atoms with Crippen LogP contribution in [0.5, 0.6) is 5.75 Å². The fourth-order valence-electron chi connectivity index (χ4n) is 2.26. The number of nitrogens with zero attached hydrogens (tertiary/aromatic N) is 1. The first-order valence-corrected chi connectivity index (χ1v) is 8.54. The number of ether oxygens (including phenoxy) is 1. The van der Waals surface area contributed by atoms with Crippen LogP contribution in [-0.2, 0) is 9.59 Å². The van der Waals surface area contributed by atoms with Gasteiger partial charge in [-0.25, -0.2) is 4.79 Å². The van der Waals surface area contributed by atoms with Gasteiger partial charge in [-0.1, -0.05) is 26.0 Å². The SMILES string of the molecule is Cc1ccc(C(C)C)cc1OC(=O)[C@@H]1CSCN1C(=O)C(F)(F)F. The third-order valence-corrected chi connectivity index (χ3v) is 4.76. The van der Waals surface area contributed by atoms with E-state index in [-0.39, 0.29) is 17.5 Å². The van der Waals surface area contributed by atoms with E-state index in [9.17, 15) is 22.8 Å². The molecule has 0 spiro atoms. The number of hydrogen-bond donors (Lipinski definition) is 0. The van der Waals surface area contributed by atoms with Gasteiger partial charge in [-0.2, -0.15) is 13.2 Å². The molecule has 1 amide bonds. The number of carbonyl (C=O) groups is 2. The van der Waals surface area contributed by atoms with E-state index in [0.29, 0.717) is 16.2 Å². The van der Waals surface area contributed by atoms with Crippen LogP contribution < -0.4 is 4.74 Å². The van der Waals surface area contributed by atoms with Crippen molar-refractivity contribution >= 4 is 23.6 Å². The van der Waals surface area contributed by atoms with Crippen molar-refractivity contribution in [2.45, 2.75) is 38.9 Å². The first-order chi connectivity index (χ1) is 11.1. The van der Waals surface area contributed by atoms with Crippen molar-refractivity contribution in [2.24, 2.45) is 0 Å². The number of halogens is 3. The molecule has 132 valence electrons. The Bertz CT molecular complexity index is 646. The highest BCUT2D eigenvalue weighted by atomic mass is 32.2. The summed E-state index contributed by atoms with van der Waals surface area (Å²) in [6, 6.07) is 4.17. The van der Waals surface area contributed by atoms with Crippen LogP contribution in [-0.4, -0.2) is 40.6 Å². The summed E-state index contributed by atoms with van der Waals surface area (Å²) in [5, 5.41) is 0. The predicted molar refractivity (Wildman–Crippen MR) is 84.9 cm³/mol. The van der Waals surface area contributed by atoms with E-state index >= 15 is 0 Å². The third-order valence-electron chi connectivity index (χ3n) is 3.75. The highest BCUT2D eigenvalue weighted by molar-refractivity contribution is 7.99. The number of alkyl halides is 3. The van der Waals surface area contributed by atoms with E-state index < -0.39 is 24.1 Å². The molecule has 0 N–H and O–H groups in total. The minimum absolute atomic E-state index is 0.0869. The Morgan fingerprint density at radius 3 is 2.58 bits per heavy atom. The summed E-state index contributed by atoms with van der Waals surface area (Å²) in [6.45, 7) is 5.70. The maximum atomic E-state index is 12.6. The quantitative estimate of drug-likeness (QED) is 0.611. The molecule has 1 aliphatic rings. The molecule has 1 atom stereocenters. The third kappa shape index (κ3) is 4.03. The molecule has 24 heavy (non-hydrogen) atoms. The van der Waals surface area contributed by atoms with Crippen molar-refractivity contribution in [3.63, 3.8) is 0 Å². The zero-order chi connectivity index (χ0) is 18.1. The molecule has 1 aromatic carbocycles. The van der Waals surface area contributed by atoms with Crippen LogP contribution in [0.25, 0.3) is 0 Å². The van der Waals surface area contributed by atoms with E-state index in [0.717, 1.165) is 17.3 Å². The zero-order valence-corrected chi connectivity index (χ0v) is 14.3. The number of benzene rings is 1.